The van der Waals surface area contributed by atoms with Gasteiger partial charge < -0.3 is 15.0 Å². The lowest BCUT2D eigenvalue weighted by Crippen LogP contribution is -2.32. The zero-order valence-electron chi connectivity index (χ0n) is 10.9. The number of urea groups is 1. The van der Waals surface area contributed by atoms with Crippen molar-refractivity contribution in [3.05, 3.63) is 29.3 Å². The molecule has 8 heteroatoms. The third-order valence-corrected chi connectivity index (χ3v) is 3.01. The van der Waals surface area contributed by atoms with Crippen molar-refractivity contribution in [2.75, 3.05) is 26.2 Å². The van der Waals surface area contributed by atoms with Gasteiger partial charge >= 0.3 is 12.2 Å². The van der Waals surface area contributed by atoms with Crippen LogP contribution in [0, 0.1) is 0 Å². The van der Waals surface area contributed by atoms with Crippen molar-refractivity contribution in [3.63, 3.8) is 0 Å². The number of hydrogen-bond donors (Lipinski definition) is 1. The van der Waals surface area contributed by atoms with Crippen LogP contribution >= 0.6 is 0 Å². The van der Waals surface area contributed by atoms with Gasteiger partial charge in [-0.2, -0.15) is 13.2 Å². The Bertz CT molecular complexity index is 546. The number of aldehydes is 1. The molecule has 5 nitrogen and oxygen atoms in total. The topological polar surface area (TPSA) is 58.6 Å². The molecule has 1 aromatic carbocycles. The van der Waals surface area contributed by atoms with Gasteiger partial charge in [-0.05, 0) is 18.2 Å². The summed E-state index contributed by atoms with van der Waals surface area (Å²) in [5.41, 5.74) is -1.08. The third kappa shape index (κ3) is 3.65. The van der Waals surface area contributed by atoms with Crippen molar-refractivity contribution in [2.24, 2.45) is 0 Å². The highest BCUT2D eigenvalue weighted by molar-refractivity contribution is 5.76. The largest absolute Gasteiger partial charge is 0.491 e. The predicted molar refractivity (Wildman–Crippen MR) is 67.3 cm³/mol. The van der Waals surface area contributed by atoms with Crippen LogP contribution in [-0.4, -0.2) is 43.5 Å². The molecule has 0 spiro atoms. The average Bonchev–Trinajstić information content (AvgIpc) is 2.83. The molecule has 2 amide bonds. The first kappa shape index (κ1) is 15.1. The fraction of sp³-hybridized carbons (Fsp3) is 0.385. The molecule has 1 N–H and O–H groups in total. The maximum absolute atomic E-state index is 12.9. The summed E-state index contributed by atoms with van der Waals surface area (Å²) in [6, 6.07) is 2.84. The Morgan fingerprint density at radius 2 is 2.14 bits per heavy atom. The zero-order chi connectivity index (χ0) is 15.5. The van der Waals surface area contributed by atoms with Crippen molar-refractivity contribution in [3.8, 4) is 5.75 Å². The molecule has 0 radical (unpaired) electrons. The van der Waals surface area contributed by atoms with Crippen molar-refractivity contribution in [2.45, 2.75) is 6.18 Å². The smallest absolute Gasteiger partial charge is 0.419 e. The van der Waals surface area contributed by atoms with E-state index in [1.165, 1.54) is 11.0 Å². The van der Waals surface area contributed by atoms with E-state index < -0.39 is 11.7 Å². The molecular formula is C13H13F3N2O3. The fourth-order valence-corrected chi connectivity index (χ4v) is 1.96. The molecule has 0 aliphatic carbocycles. The van der Waals surface area contributed by atoms with Gasteiger partial charge in [-0.25, -0.2) is 4.79 Å². The normalized spacial score (nSPS) is 15.0. The van der Waals surface area contributed by atoms with E-state index >= 15 is 0 Å². The van der Waals surface area contributed by atoms with Crippen molar-refractivity contribution in [1.82, 2.24) is 10.2 Å². The van der Waals surface area contributed by atoms with Crippen LogP contribution in [0.2, 0.25) is 0 Å². The second-order valence-corrected chi connectivity index (χ2v) is 4.44. The molecule has 1 fully saturated rings. The van der Waals surface area contributed by atoms with Gasteiger partial charge in [0, 0.05) is 18.7 Å². The summed E-state index contributed by atoms with van der Waals surface area (Å²) < 4.78 is 43.8. The lowest BCUT2D eigenvalue weighted by atomic mass is 10.1. The third-order valence-electron chi connectivity index (χ3n) is 3.01. The number of rotatable bonds is 5. The fourth-order valence-electron chi connectivity index (χ4n) is 1.96. The van der Waals surface area contributed by atoms with Gasteiger partial charge in [0.1, 0.15) is 18.6 Å². The maximum atomic E-state index is 12.9. The molecule has 0 unspecified atom stereocenters. The van der Waals surface area contributed by atoms with Crippen LogP contribution in [0.1, 0.15) is 15.9 Å². The number of hydrogen-bond acceptors (Lipinski definition) is 3. The van der Waals surface area contributed by atoms with E-state index in [0.29, 0.717) is 19.4 Å². The molecule has 1 heterocycles. The first-order chi connectivity index (χ1) is 9.91. The number of carbonyl (C=O) groups excluding carboxylic acids is 2. The molecule has 0 aromatic heterocycles. The number of carbonyl (C=O) groups is 2. The van der Waals surface area contributed by atoms with Crippen molar-refractivity contribution < 1.29 is 27.5 Å². The highest BCUT2D eigenvalue weighted by atomic mass is 19.4. The van der Waals surface area contributed by atoms with Crippen LogP contribution in [0.15, 0.2) is 18.2 Å². The van der Waals surface area contributed by atoms with Crippen LogP contribution in [0.4, 0.5) is 18.0 Å². The van der Waals surface area contributed by atoms with Crippen LogP contribution in [0.5, 0.6) is 5.75 Å². The number of nitrogens with zero attached hydrogens (tertiary/aromatic N) is 1. The number of amides is 2. The monoisotopic (exact) mass is 302 g/mol. The van der Waals surface area contributed by atoms with Crippen molar-refractivity contribution in [1.29, 1.82) is 0 Å². The van der Waals surface area contributed by atoms with Crippen LogP contribution in [0.3, 0.4) is 0 Å². The Hall–Kier alpha value is -2.25. The van der Waals surface area contributed by atoms with Gasteiger partial charge in [-0.3, -0.25) is 4.79 Å². The number of benzene rings is 1. The first-order valence-corrected chi connectivity index (χ1v) is 6.24. The summed E-state index contributed by atoms with van der Waals surface area (Å²) in [7, 11) is 0. The van der Waals surface area contributed by atoms with E-state index in [2.05, 4.69) is 5.32 Å². The van der Waals surface area contributed by atoms with Gasteiger partial charge in [-0.15, -0.1) is 0 Å². The molecule has 1 aromatic rings. The Morgan fingerprint density at radius 3 is 2.71 bits per heavy atom. The summed E-state index contributed by atoms with van der Waals surface area (Å²) in [6.45, 7) is 1.15. The minimum atomic E-state index is -4.61. The van der Waals surface area contributed by atoms with E-state index in [9.17, 15) is 22.8 Å². The number of halogens is 3. The van der Waals surface area contributed by atoms with Gasteiger partial charge in [0.25, 0.3) is 0 Å². The van der Waals surface area contributed by atoms with E-state index in [-0.39, 0.29) is 30.5 Å². The highest BCUT2D eigenvalue weighted by Crippen LogP contribution is 2.36. The Balaban J connectivity index is 2.05. The minimum Gasteiger partial charge on any atom is -0.491 e. The lowest BCUT2D eigenvalue weighted by Gasteiger charge is -2.17. The highest BCUT2D eigenvalue weighted by Gasteiger charge is 2.34. The molecule has 21 heavy (non-hydrogen) atoms. The molecule has 1 aliphatic heterocycles. The van der Waals surface area contributed by atoms with Crippen LogP contribution in [-0.2, 0) is 6.18 Å². The van der Waals surface area contributed by atoms with Gasteiger partial charge in [0.2, 0.25) is 0 Å². The van der Waals surface area contributed by atoms with Gasteiger partial charge in [0.05, 0.1) is 12.1 Å². The van der Waals surface area contributed by atoms with Crippen molar-refractivity contribution >= 4 is 12.3 Å². The molecule has 114 valence electrons. The van der Waals surface area contributed by atoms with E-state index in [4.69, 9.17) is 4.74 Å². The van der Waals surface area contributed by atoms with E-state index in [0.717, 1.165) is 12.1 Å². The lowest BCUT2D eigenvalue weighted by molar-refractivity contribution is -0.139. The Morgan fingerprint density at radius 1 is 1.38 bits per heavy atom. The van der Waals surface area contributed by atoms with Gasteiger partial charge in [-0.1, -0.05) is 0 Å². The van der Waals surface area contributed by atoms with Gasteiger partial charge in [0.15, 0.2) is 0 Å². The first-order valence-electron chi connectivity index (χ1n) is 6.24. The molecule has 0 bridgehead atoms. The summed E-state index contributed by atoms with van der Waals surface area (Å²) >= 11 is 0. The van der Waals surface area contributed by atoms with E-state index in [1.54, 1.807) is 0 Å². The molecular weight excluding hydrogens is 289 g/mol. The Kier molecular flexibility index (Phi) is 4.35. The Labute approximate surface area is 118 Å². The number of ether oxygens (including phenoxy) is 1. The maximum Gasteiger partial charge on any atom is 0.419 e. The molecule has 1 saturated heterocycles. The standard InChI is InChI=1S/C13H13F3N2O3/c14-13(15,16)10-7-9(8-19)1-2-11(10)21-6-5-18-4-3-17-12(18)20/h1-2,7-8H,3-6H2,(H,17,20). The quantitative estimate of drug-likeness (QED) is 0.845. The average molecular weight is 302 g/mol. The minimum absolute atomic E-state index is 0.0586. The summed E-state index contributed by atoms with van der Waals surface area (Å²) in [5.74, 6) is -0.354. The molecule has 0 atom stereocenters. The zero-order valence-corrected chi connectivity index (χ0v) is 10.9. The second kappa shape index (κ2) is 6.02. The second-order valence-electron chi connectivity index (χ2n) is 4.44. The molecule has 2 rings (SSSR count). The molecule has 1 aliphatic rings. The van der Waals surface area contributed by atoms with Crippen LogP contribution < -0.4 is 10.1 Å². The van der Waals surface area contributed by atoms with E-state index in [1.807, 2.05) is 0 Å². The molecule has 0 saturated carbocycles. The predicted octanol–water partition coefficient (Wildman–Crippen LogP) is 1.92. The summed E-state index contributed by atoms with van der Waals surface area (Å²) in [4.78, 5) is 23.3. The number of alkyl halides is 3. The van der Waals surface area contributed by atoms with Crippen LogP contribution in [0.25, 0.3) is 0 Å². The number of nitrogens with one attached hydrogen (secondary N) is 1. The summed E-state index contributed by atoms with van der Waals surface area (Å²) in [6.07, 6.45) is -4.27. The SMILES string of the molecule is O=Cc1ccc(OCCN2CCNC2=O)c(C(F)(F)F)c1. The summed E-state index contributed by atoms with van der Waals surface area (Å²) in [5, 5.41) is 2.58.